The van der Waals surface area contributed by atoms with Crippen LogP contribution < -0.4 is 11.5 Å². The van der Waals surface area contributed by atoms with E-state index in [1.54, 1.807) is 14.1 Å². The number of hydrogen-bond acceptors (Lipinski definition) is 10. The van der Waals surface area contributed by atoms with Crippen molar-refractivity contribution in [2.75, 3.05) is 13.2 Å². The van der Waals surface area contributed by atoms with Gasteiger partial charge >= 0.3 is 11.5 Å². The molecule has 0 aliphatic heterocycles. The van der Waals surface area contributed by atoms with Gasteiger partial charge in [0.25, 0.3) is 0 Å². The van der Waals surface area contributed by atoms with Crippen LogP contribution in [0.1, 0.15) is 107 Å². The molecule has 0 unspecified atom stereocenters. The molecule has 0 saturated heterocycles. The molecule has 0 fully saturated rings. The molecule has 2 aromatic carbocycles. The van der Waals surface area contributed by atoms with E-state index in [2.05, 4.69) is 62.2 Å². The Labute approximate surface area is 284 Å². The first kappa shape index (κ1) is 41.3. The SMILES string of the molecule is C.C.CCON=C(c1c(C)c(C)c(C)c(C)c1C)c1noc(=O)n1C.CCON=C(c1c(C)c(C)c(C)c(C)c1C)c1noc(=O)n1C. The molecule has 0 bridgehead atoms. The fraction of sp³-hybridized carbons (Fsp3) is 0.500. The van der Waals surface area contributed by atoms with Gasteiger partial charge in [-0.1, -0.05) is 35.5 Å². The van der Waals surface area contributed by atoms with Crippen LogP contribution in [0.15, 0.2) is 28.9 Å². The molecule has 12 nitrogen and oxygen atoms in total. The summed E-state index contributed by atoms with van der Waals surface area (Å²) in [5.74, 6) is -0.338. The van der Waals surface area contributed by atoms with E-state index in [-0.39, 0.29) is 14.9 Å². The highest BCUT2D eigenvalue weighted by molar-refractivity contribution is 6.13. The average molecular weight is 667 g/mol. The summed E-state index contributed by atoms with van der Waals surface area (Å²) in [5.41, 5.74) is 14.6. The molecule has 0 radical (unpaired) electrons. The summed E-state index contributed by atoms with van der Waals surface area (Å²) in [7, 11) is 3.21. The van der Waals surface area contributed by atoms with E-state index in [1.807, 2.05) is 41.5 Å². The van der Waals surface area contributed by atoms with Crippen LogP contribution in [0.4, 0.5) is 0 Å². The topological polar surface area (TPSA) is 139 Å². The summed E-state index contributed by atoms with van der Waals surface area (Å²) in [5, 5.41) is 16.2. The van der Waals surface area contributed by atoms with E-state index < -0.39 is 11.5 Å². The number of benzene rings is 2. The van der Waals surface area contributed by atoms with E-state index in [9.17, 15) is 9.59 Å². The Morgan fingerprint density at radius 1 is 0.542 bits per heavy atom. The Bertz CT molecular complexity index is 1740. The summed E-state index contributed by atoms with van der Waals surface area (Å²) < 4.78 is 12.2. The van der Waals surface area contributed by atoms with Crippen LogP contribution in [0, 0.1) is 69.2 Å². The first-order chi connectivity index (χ1) is 21.6. The fourth-order valence-electron chi connectivity index (χ4n) is 5.35. The van der Waals surface area contributed by atoms with Crippen LogP contribution >= 0.6 is 0 Å². The minimum atomic E-state index is -0.528. The van der Waals surface area contributed by atoms with Gasteiger partial charge in [-0.3, -0.25) is 18.2 Å². The molecule has 0 aliphatic carbocycles. The molecule has 0 amide bonds. The first-order valence-electron chi connectivity index (χ1n) is 15.2. The largest absolute Gasteiger partial charge is 0.441 e. The van der Waals surface area contributed by atoms with Crippen LogP contribution in [-0.4, -0.2) is 44.1 Å². The highest BCUT2D eigenvalue weighted by Gasteiger charge is 2.25. The van der Waals surface area contributed by atoms with E-state index in [0.717, 1.165) is 33.4 Å². The Balaban J connectivity index is 0.000000461. The summed E-state index contributed by atoms with van der Waals surface area (Å²) >= 11 is 0. The number of oxime groups is 2. The van der Waals surface area contributed by atoms with Gasteiger partial charge in [-0.15, -0.1) is 0 Å². The standard InChI is InChI=1S/2C17H23N3O3.2CH4/c2*1-8-22-18-15(16-19-23-17(21)20(16)7)14-12(5)10(3)9(2)11(4)13(14)6;;/h2*8H2,1-7H3;2*1H4. The highest BCUT2D eigenvalue weighted by Crippen LogP contribution is 2.29. The van der Waals surface area contributed by atoms with Gasteiger partial charge in [0, 0.05) is 25.2 Å². The number of hydrogen-bond donors (Lipinski definition) is 0. The predicted molar refractivity (Wildman–Crippen MR) is 192 cm³/mol. The molecule has 4 rings (SSSR count). The second-order valence-electron chi connectivity index (χ2n) is 11.4. The number of aromatic nitrogens is 4. The van der Waals surface area contributed by atoms with E-state index in [0.29, 0.717) is 36.3 Å². The Morgan fingerprint density at radius 2 is 0.792 bits per heavy atom. The van der Waals surface area contributed by atoms with E-state index in [1.165, 1.54) is 42.5 Å². The van der Waals surface area contributed by atoms with Gasteiger partial charge in [0.2, 0.25) is 11.6 Å². The normalized spacial score (nSPS) is 11.4. The van der Waals surface area contributed by atoms with Crippen molar-refractivity contribution >= 4 is 11.4 Å². The summed E-state index contributed by atoms with van der Waals surface area (Å²) in [6.07, 6.45) is 0. The van der Waals surface area contributed by atoms with Crippen molar-refractivity contribution in [3.05, 3.63) is 99.5 Å². The summed E-state index contributed by atoms with van der Waals surface area (Å²) in [6, 6.07) is 0. The van der Waals surface area contributed by atoms with Crippen LogP contribution in [0.5, 0.6) is 0 Å². The van der Waals surface area contributed by atoms with Crippen molar-refractivity contribution in [1.29, 1.82) is 0 Å². The molecular weight excluding hydrogens is 612 g/mol. The average Bonchev–Trinajstić information content (AvgIpc) is 3.55. The third-order valence-electron chi connectivity index (χ3n) is 9.07. The third kappa shape index (κ3) is 7.69. The molecule has 12 heteroatoms. The zero-order valence-corrected chi connectivity index (χ0v) is 29.5. The molecule has 48 heavy (non-hydrogen) atoms. The van der Waals surface area contributed by atoms with Crippen molar-refractivity contribution in [2.45, 2.75) is 97.9 Å². The van der Waals surface area contributed by atoms with Crippen molar-refractivity contribution in [1.82, 2.24) is 19.4 Å². The molecule has 0 atom stereocenters. The van der Waals surface area contributed by atoms with Gasteiger partial charge in [0.15, 0.2) is 11.4 Å². The molecule has 0 spiro atoms. The maximum absolute atomic E-state index is 11.6. The lowest BCUT2D eigenvalue weighted by Gasteiger charge is -2.19. The summed E-state index contributed by atoms with van der Waals surface area (Å²) in [6.45, 7) is 25.3. The van der Waals surface area contributed by atoms with Crippen molar-refractivity contribution in [3.63, 3.8) is 0 Å². The first-order valence-corrected chi connectivity index (χ1v) is 15.2. The smallest absolute Gasteiger partial charge is 0.396 e. The molecule has 4 aromatic rings. The lowest BCUT2D eigenvalue weighted by molar-refractivity contribution is 0.159. The van der Waals surface area contributed by atoms with Crippen molar-refractivity contribution < 1.29 is 18.7 Å². The van der Waals surface area contributed by atoms with Gasteiger partial charge in [-0.2, -0.15) is 0 Å². The number of rotatable bonds is 8. The second-order valence-corrected chi connectivity index (χ2v) is 11.4. The van der Waals surface area contributed by atoms with Gasteiger partial charge in [-0.25, -0.2) is 9.59 Å². The summed E-state index contributed by atoms with van der Waals surface area (Å²) in [4.78, 5) is 33.8. The Morgan fingerprint density at radius 3 is 1.00 bits per heavy atom. The Hall–Kier alpha value is -4.74. The second kappa shape index (κ2) is 16.9. The minimum absolute atomic E-state index is 0. The van der Waals surface area contributed by atoms with Crippen LogP contribution in [0.3, 0.4) is 0 Å². The highest BCUT2D eigenvalue weighted by atomic mass is 16.6. The van der Waals surface area contributed by atoms with Crippen LogP contribution in [0.2, 0.25) is 0 Å². The lowest BCUT2D eigenvalue weighted by atomic mass is 9.87. The fourth-order valence-corrected chi connectivity index (χ4v) is 5.35. The van der Waals surface area contributed by atoms with Crippen molar-refractivity contribution in [2.24, 2.45) is 24.4 Å². The zero-order valence-electron chi connectivity index (χ0n) is 29.5. The maximum atomic E-state index is 11.6. The lowest BCUT2D eigenvalue weighted by Crippen LogP contribution is -2.20. The van der Waals surface area contributed by atoms with Gasteiger partial charge in [-0.05, 0) is 139 Å². The van der Waals surface area contributed by atoms with Gasteiger partial charge in [0.05, 0.1) is 0 Å². The van der Waals surface area contributed by atoms with Gasteiger partial charge < -0.3 is 9.68 Å². The maximum Gasteiger partial charge on any atom is 0.441 e. The minimum Gasteiger partial charge on any atom is -0.396 e. The van der Waals surface area contributed by atoms with Crippen molar-refractivity contribution in [3.8, 4) is 0 Å². The molecule has 2 heterocycles. The monoisotopic (exact) mass is 666 g/mol. The molecule has 264 valence electrons. The molecule has 0 aliphatic rings. The molecular formula is C36H54N6O6. The van der Waals surface area contributed by atoms with Gasteiger partial charge in [0.1, 0.15) is 13.2 Å². The number of nitrogens with zero attached hydrogens (tertiary/aromatic N) is 6. The molecule has 0 saturated carbocycles. The Kier molecular flexibility index (Phi) is 14.5. The van der Waals surface area contributed by atoms with E-state index >= 15 is 0 Å². The molecule has 0 N–H and O–H groups in total. The quantitative estimate of drug-likeness (QED) is 0.150. The molecule has 2 aromatic heterocycles. The van der Waals surface area contributed by atoms with E-state index in [4.69, 9.17) is 18.7 Å². The van der Waals surface area contributed by atoms with Crippen LogP contribution in [0.25, 0.3) is 0 Å². The zero-order chi connectivity index (χ0) is 34.6. The van der Waals surface area contributed by atoms with Crippen LogP contribution in [-0.2, 0) is 23.8 Å². The predicted octanol–water partition coefficient (Wildman–Crippen LogP) is 6.68. The third-order valence-corrected chi connectivity index (χ3v) is 9.07.